The first kappa shape index (κ1) is 8.61. The molecule has 0 saturated carbocycles. The predicted octanol–water partition coefficient (Wildman–Crippen LogP) is 0.574. The van der Waals surface area contributed by atoms with Crippen molar-refractivity contribution < 1.29 is 0 Å². The highest BCUT2D eigenvalue weighted by molar-refractivity contribution is 5.70. The zero-order valence-corrected chi connectivity index (χ0v) is 7.97. The average Bonchev–Trinajstić information content (AvgIpc) is 2.61. The molecule has 1 N–H and O–H groups in total. The van der Waals surface area contributed by atoms with E-state index in [2.05, 4.69) is 24.9 Å². The molecule has 0 saturated heterocycles. The van der Waals surface area contributed by atoms with Crippen LogP contribution in [0.2, 0.25) is 0 Å². The van der Waals surface area contributed by atoms with Gasteiger partial charge in [-0.15, -0.1) is 0 Å². The summed E-state index contributed by atoms with van der Waals surface area (Å²) in [5, 5.41) is 0. The maximum Gasteiger partial charge on any atom is 0.252 e. The number of H-pyrrole nitrogens is 1. The van der Waals surface area contributed by atoms with Crippen molar-refractivity contribution in [3.63, 3.8) is 0 Å². The first-order valence-corrected chi connectivity index (χ1v) is 4.12. The quantitative estimate of drug-likeness (QED) is 0.555. The van der Waals surface area contributed by atoms with Gasteiger partial charge in [0.25, 0.3) is 5.95 Å². The molecular weight excluding hydrogens is 180 g/mol. The first-order chi connectivity index (χ1) is 6.75. The molecule has 2 aromatic rings. The smallest absolute Gasteiger partial charge is 0.252 e. The van der Waals surface area contributed by atoms with Crippen molar-refractivity contribution in [2.45, 2.75) is 0 Å². The molecule has 6 heteroatoms. The van der Waals surface area contributed by atoms with Gasteiger partial charge in [0, 0.05) is 14.1 Å². The molecule has 2 rings (SSSR count). The lowest BCUT2D eigenvalue weighted by atomic mass is 10.6. The van der Waals surface area contributed by atoms with Gasteiger partial charge >= 0.3 is 0 Å². The largest absolute Gasteiger partial charge is 0.369 e. The van der Waals surface area contributed by atoms with Crippen LogP contribution in [0.15, 0.2) is 17.5 Å². The molecule has 0 radical (unpaired) electrons. The zero-order chi connectivity index (χ0) is 9.97. The van der Waals surface area contributed by atoms with Crippen LogP contribution < -0.4 is 0 Å². The third-order valence-corrected chi connectivity index (χ3v) is 1.57. The van der Waals surface area contributed by atoms with Gasteiger partial charge in [-0.25, -0.2) is 15.0 Å². The van der Waals surface area contributed by atoms with Gasteiger partial charge < -0.3 is 9.88 Å². The van der Waals surface area contributed by atoms with E-state index in [9.17, 15) is 0 Å². The Morgan fingerprint density at radius 2 is 2.29 bits per heavy atom. The van der Waals surface area contributed by atoms with Crippen LogP contribution in [0, 0.1) is 0 Å². The van der Waals surface area contributed by atoms with E-state index in [1.165, 1.54) is 0 Å². The van der Waals surface area contributed by atoms with E-state index in [0.29, 0.717) is 11.6 Å². The predicted molar refractivity (Wildman–Crippen MR) is 53.5 cm³/mol. The minimum atomic E-state index is 0.415. The number of hydrogen-bond donors (Lipinski definition) is 1. The Labute approximate surface area is 80.7 Å². The fourth-order valence-electron chi connectivity index (χ4n) is 0.956. The lowest BCUT2D eigenvalue weighted by Crippen LogP contribution is -2.07. The van der Waals surface area contributed by atoms with Crippen molar-refractivity contribution in [3.05, 3.63) is 12.5 Å². The van der Waals surface area contributed by atoms with E-state index in [-0.39, 0.29) is 0 Å². The minimum absolute atomic E-state index is 0.415. The molecule has 0 aliphatic heterocycles. The van der Waals surface area contributed by atoms with Crippen LogP contribution in [-0.2, 0) is 0 Å². The lowest BCUT2D eigenvalue weighted by molar-refractivity contribution is 0.642. The number of rotatable bonds is 2. The van der Waals surface area contributed by atoms with Gasteiger partial charge in [0.15, 0.2) is 5.65 Å². The summed E-state index contributed by atoms with van der Waals surface area (Å²) in [4.78, 5) is 21.0. The van der Waals surface area contributed by atoms with E-state index in [1.54, 1.807) is 18.9 Å². The van der Waals surface area contributed by atoms with Crippen LogP contribution in [0.4, 0.5) is 5.95 Å². The van der Waals surface area contributed by atoms with Crippen molar-refractivity contribution >= 4 is 23.5 Å². The van der Waals surface area contributed by atoms with Gasteiger partial charge in [-0.2, -0.15) is 4.98 Å². The van der Waals surface area contributed by atoms with Gasteiger partial charge in [-0.1, -0.05) is 0 Å². The van der Waals surface area contributed by atoms with Crippen molar-refractivity contribution in [2.75, 3.05) is 14.1 Å². The second kappa shape index (κ2) is 3.41. The number of fused-ring (bicyclic) bond motifs is 1. The van der Waals surface area contributed by atoms with E-state index in [4.69, 9.17) is 0 Å². The summed E-state index contributed by atoms with van der Waals surface area (Å²) >= 11 is 0. The Balaban J connectivity index is 2.34. The molecule has 0 spiro atoms. The van der Waals surface area contributed by atoms with Gasteiger partial charge in [-0.05, 0) is 0 Å². The van der Waals surface area contributed by atoms with E-state index in [1.807, 2.05) is 19.0 Å². The molecular formula is C8H10N6. The molecule has 2 aromatic heterocycles. The van der Waals surface area contributed by atoms with Crippen LogP contribution >= 0.6 is 0 Å². The van der Waals surface area contributed by atoms with Crippen molar-refractivity contribution in [3.8, 4) is 0 Å². The number of aromatic amines is 1. The third-order valence-electron chi connectivity index (χ3n) is 1.57. The molecule has 0 amide bonds. The standard InChI is InChI=1S/C8H10N6/c1-14(2)5-12-8-9-3-6-7(13-8)11-4-10-6/h3-5H,1-2H3,(H,9,10,11,13)/b12-5+. The van der Waals surface area contributed by atoms with Gasteiger partial charge in [0.05, 0.1) is 18.9 Å². The molecule has 0 aromatic carbocycles. The monoisotopic (exact) mass is 190 g/mol. The Bertz CT molecular complexity index is 458. The number of aromatic nitrogens is 4. The second-order valence-electron chi connectivity index (χ2n) is 3.02. The minimum Gasteiger partial charge on any atom is -0.369 e. The number of nitrogens with zero attached hydrogens (tertiary/aromatic N) is 5. The Hall–Kier alpha value is -1.98. The van der Waals surface area contributed by atoms with Crippen LogP contribution in [0.1, 0.15) is 0 Å². The van der Waals surface area contributed by atoms with Crippen molar-refractivity contribution in [1.29, 1.82) is 0 Å². The van der Waals surface area contributed by atoms with Crippen LogP contribution in [-0.4, -0.2) is 45.3 Å². The fourth-order valence-corrected chi connectivity index (χ4v) is 0.956. The first-order valence-electron chi connectivity index (χ1n) is 4.12. The normalized spacial score (nSPS) is 11.3. The number of imidazole rings is 1. The summed E-state index contributed by atoms with van der Waals surface area (Å²) in [5.74, 6) is 0.415. The van der Waals surface area contributed by atoms with Gasteiger partial charge in [0.2, 0.25) is 0 Å². The second-order valence-corrected chi connectivity index (χ2v) is 3.02. The van der Waals surface area contributed by atoms with Gasteiger partial charge in [0.1, 0.15) is 5.52 Å². The molecule has 0 bridgehead atoms. The molecule has 2 heterocycles. The van der Waals surface area contributed by atoms with Crippen molar-refractivity contribution in [1.82, 2.24) is 24.8 Å². The van der Waals surface area contributed by atoms with E-state index in [0.717, 1.165) is 5.52 Å². The third kappa shape index (κ3) is 1.68. The summed E-state index contributed by atoms with van der Waals surface area (Å²) in [6.45, 7) is 0. The van der Waals surface area contributed by atoms with Gasteiger partial charge in [-0.3, -0.25) is 0 Å². The van der Waals surface area contributed by atoms with Crippen LogP contribution in [0.5, 0.6) is 0 Å². The van der Waals surface area contributed by atoms with Crippen molar-refractivity contribution in [2.24, 2.45) is 4.99 Å². The van der Waals surface area contributed by atoms with E-state index >= 15 is 0 Å². The van der Waals surface area contributed by atoms with Crippen LogP contribution in [0.25, 0.3) is 11.2 Å². The summed E-state index contributed by atoms with van der Waals surface area (Å²) < 4.78 is 0. The Morgan fingerprint density at radius 3 is 3.07 bits per heavy atom. The highest BCUT2D eigenvalue weighted by Crippen LogP contribution is 2.08. The lowest BCUT2D eigenvalue weighted by Gasteiger charge is -2.00. The molecule has 0 fully saturated rings. The fraction of sp³-hybridized carbons (Fsp3) is 0.250. The van der Waals surface area contributed by atoms with Crippen LogP contribution in [0.3, 0.4) is 0 Å². The Kier molecular flexibility index (Phi) is 2.10. The molecule has 0 atom stereocenters. The average molecular weight is 190 g/mol. The summed E-state index contributed by atoms with van der Waals surface area (Å²) in [6.07, 6.45) is 4.89. The molecule has 0 aliphatic carbocycles. The molecule has 6 nitrogen and oxygen atoms in total. The molecule has 0 aliphatic rings. The zero-order valence-electron chi connectivity index (χ0n) is 7.97. The molecule has 72 valence electrons. The molecule has 14 heavy (non-hydrogen) atoms. The Morgan fingerprint density at radius 1 is 1.43 bits per heavy atom. The number of aliphatic imine (C=N–C) groups is 1. The topological polar surface area (TPSA) is 70.1 Å². The molecule has 0 unspecified atom stereocenters. The summed E-state index contributed by atoms with van der Waals surface area (Å²) in [7, 11) is 3.77. The summed E-state index contributed by atoms with van der Waals surface area (Å²) in [5.41, 5.74) is 1.44. The number of nitrogens with one attached hydrogen (secondary N) is 1. The number of hydrogen-bond acceptors (Lipinski definition) is 4. The highest BCUT2D eigenvalue weighted by atomic mass is 15.1. The highest BCUT2D eigenvalue weighted by Gasteiger charge is 1.98. The maximum atomic E-state index is 4.13. The van der Waals surface area contributed by atoms with E-state index < -0.39 is 0 Å². The maximum absolute atomic E-state index is 4.13. The SMILES string of the molecule is CN(C)/C=N/c1ncc2[nH]cnc2n1. The summed E-state index contributed by atoms with van der Waals surface area (Å²) in [6, 6.07) is 0.